The van der Waals surface area contributed by atoms with E-state index in [-0.39, 0.29) is 21.1 Å². The summed E-state index contributed by atoms with van der Waals surface area (Å²) < 4.78 is 5.19. The summed E-state index contributed by atoms with van der Waals surface area (Å²) >= 11 is 0. The van der Waals surface area contributed by atoms with Crippen LogP contribution < -0.4 is 4.74 Å². The average molecular weight is 587 g/mol. The molecule has 0 saturated heterocycles. The fourth-order valence-corrected chi connectivity index (χ4v) is 3.59. The molecule has 1 saturated carbocycles. The van der Waals surface area contributed by atoms with Gasteiger partial charge in [0.25, 0.3) is 0 Å². The molecule has 174 valence electrons. The fraction of sp³-hybridized carbons (Fsp3) is 0.714. The molecule has 0 amide bonds. The Balaban J connectivity index is 0. The fourth-order valence-electron chi connectivity index (χ4n) is 3.59. The topological polar surface area (TPSA) is 9.23 Å². The van der Waals surface area contributed by atoms with E-state index >= 15 is 0 Å². The summed E-state index contributed by atoms with van der Waals surface area (Å²) in [6, 6.07) is 8.45. The molecule has 0 radical (unpaired) electrons. The van der Waals surface area contributed by atoms with Crippen molar-refractivity contribution in [3.05, 3.63) is 42.0 Å². The predicted molar refractivity (Wildman–Crippen MR) is 132 cm³/mol. The SMILES string of the molecule is CC.CCCC.COc1ccc(CCC/C=C\CCCC2CCC(C)CC2)cc1.[W]. The zero-order chi connectivity index (χ0) is 21.7. The van der Waals surface area contributed by atoms with Crippen molar-refractivity contribution in [1.82, 2.24) is 0 Å². The van der Waals surface area contributed by atoms with E-state index in [1.807, 2.05) is 13.8 Å². The minimum Gasteiger partial charge on any atom is -0.497 e. The first-order chi connectivity index (χ1) is 14.2. The van der Waals surface area contributed by atoms with Gasteiger partial charge in [0.05, 0.1) is 7.11 Å². The van der Waals surface area contributed by atoms with Crippen molar-refractivity contribution in [1.29, 1.82) is 0 Å². The number of allylic oxidation sites excluding steroid dienone is 2. The van der Waals surface area contributed by atoms with Crippen LogP contribution in [0.15, 0.2) is 36.4 Å². The molecule has 1 fully saturated rings. The summed E-state index contributed by atoms with van der Waals surface area (Å²) in [6.07, 6.45) is 21.0. The number of aryl methyl sites for hydroxylation is 1. The smallest absolute Gasteiger partial charge is 0.118 e. The van der Waals surface area contributed by atoms with Crippen LogP contribution in [-0.2, 0) is 27.5 Å². The molecule has 0 spiro atoms. The molecule has 1 aliphatic rings. The van der Waals surface area contributed by atoms with Crippen LogP contribution >= 0.6 is 0 Å². The van der Waals surface area contributed by atoms with Gasteiger partial charge in [-0.2, -0.15) is 0 Å². The van der Waals surface area contributed by atoms with Gasteiger partial charge in [-0.15, -0.1) is 0 Å². The summed E-state index contributed by atoms with van der Waals surface area (Å²) in [5.74, 6) is 2.95. The first-order valence-corrected chi connectivity index (χ1v) is 12.5. The van der Waals surface area contributed by atoms with Crippen LogP contribution in [0.5, 0.6) is 5.75 Å². The zero-order valence-corrected chi connectivity index (χ0v) is 23.9. The molecule has 0 aromatic heterocycles. The predicted octanol–water partition coefficient (Wildman–Crippen LogP) is 9.40. The van der Waals surface area contributed by atoms with Crippen molar-refractivity contribution < 1.29 is 25.8 Å². The molecule has 2 heteroatoms. The monoisotopic (exact) mass is 586 g/mol. The van der Waals surface area contributed by atoms with Gasteiger partial charge in [-0.3, -0.25) is 0 Å². The van der Waals surface area contributed by atoms with Gasteiger partial charge >= 0.3 is 0 Å². The third-order valence-electron chi connectivity index (χ3n) is 5.78. The van der Waals surface area contributed by atoms with Crippen molar-refractivity contribution in [3.63, 3.8) is 0 Å². The molecular weight excluding hydrogens is 536 g/mol. The molecule has 0 atom stereocenters. The second-order valence-electron chi connectivity index (χ2n) is 8.27. The van der Waals surface area contributed by atoms with E-state index in [0.717, 1.165) is 24.0 Å². The van der Waals surface area contributed by atoms with Crippen LogP contribution in [0.2, 0.25) is 0 Å². The number of methoxy groups -OCH3 is 1. The van der Waals surface area contributed by atoms with Crippen LogP contribution in [0.25, 0.3) is 0 Å². The van der Waals surface area contributed by atoms with Crippen LogP contribution in [0.3, 0.4) is 0 Å². The molecule has 0 unspecified atom stereocenters. The van der Waals surface area contributed by atoms with E-state index in [0.29, 0.717) is 0 Å². The Bertz CT molecular complexity index is 470. The van der Waals surface area contributed by atoms with Crippen molar-refractivity contribution in [3.8, 4) is 5.75 Å². The second-order valence-corrected chi connectivity index (χ2v) is 8.27. The van der Waals surface area contributed by atoms with Crippen molar-refractivity contribution >= 4 is 0 Å². The molecule has 0 bridgehead atoms. The molecule has 1 aromatic rings. The van der Waals surface area contributed by atoms with E-state index in [4.69, 9.17) is 4.74 Å². The Morgan fingerprint density at radius 3 is 1.90 bits per heavy atom. The molecule has 30 heavy (non-hydrogen) atoms. The summed E-state index contributed by atoms with van der Waals surface area (Å²) in [5.41, 5.74) is 1.41. The van der Waals surface area contributed by atoms with Crippen LogP contribution in [0.4, 0.5) is 0 Å². The van der Waals surface area contributed by atoms with Gasteiger partial charge in [0, 0.05) is 21.1 Å². The van der Waals surface area contributed by atoms with Gasteiger partial charge in [0.2, 0.25) is 0 Å². The van der Waals surface area contributed by atoms with Crippen molar-refractivity contribution in [2.75, 3.05) is 7.11 Å². The molecular formula is C28H50OW. The maximum Gasteiger partial charge on any atom is 0.118 e. The third-order valence-corrected chi connectivity index (χ3v) is 5.78. The van der Waals surface area contributed by atoms with E-state index < -0.39 is 0 Å². The van der Waals surface area contributed by atoms with E-state index in [1.54, 1.807) is 7.11 Å². The van der Waals surface area contributed by atoms with E-state index in [9.17, 15) is 0 Å². The molecule has 0 N–H and O–H groups in total. The van der Waals surface area contributed by atoms with Crippen molar-refractivity contribution in [2.45, 2.75) is 112 Å². The minimum absolute atomic E-state index is 0. The number of unbranched alkanes of at least 4 members (excludes halogenated alkanes) is 3. The molecule has 1 aliphatic carbocycles. The summed E-state index contributed by atoms with van der Waals surface area (Å²) in [7, 11) is 1.72. The summed E-state index contributed by atoms with van der Waals surface area (Å²) in [5, 5.41) is 0. The van der Waals surface area contributed by atoms with Gasteiger partial charge in [-0.25, -0.2) is 0 Å². The molecule has 1 nitrogen and oxygen atoms in total. The molecule has 0 aliphatic heterocycles. The Morgan fingerprint density at radius 1 is 0.867 bits per heavy atom. The minimum atomic E-state index is 0. The van der Waals surface area contributed by atoms with Gasteiger partial charge in [-0.1, -0.05) is 104 Å². The van der Waals surface area contributed by atoms with Gasteiger partial charge in [0.1, 0.15) is 5.75 Å². The van der Waals surface area contributed by atoms with Crippen LogP contribution in [-0.4, -0.2) is 7.11 Å². The Hall–Kier alpha value is -0.552. The second kappa shape index (κ2) is 23.1. The van der Waals surface area contributed by atoms with Crippen LogP contribution in [0, 0.1) is 11.8 Å². The zero-order valence-electron chi connectivity index (χ0n) is 20.9. The number of benzene rings is 1. The molecule has 2 rings (SSSR count). The number of hydrogen-bond acceptors (Lipinski definition) is 1. The largest absolute Gasteiger partial charge is 0.497 e. The molecule has 1 aromatic carbocycles. The van der Waals surface area contributed by atoms with E-state index in [1.165, 1.54) is 76.2 Å². The first kappa shape index (κ1) is 31.6. The Morgan fingerprint density at radius 2 is 1.40 bits per heavy atom. The number of ether oxygens (including phenoxy) is 1. The summed E-state index contributed by atoms with van der Waals surface area (Å²) in [4.78, 5) is 0. The molecule has 0 heterocycles. The number of hydrogen-bond donors (Lipinski definition) is 0. The quantitative estimate of drug-likeness (QED) is 0.196. The maximum atomic E-state index is 5.19. The maximum absolute atomic E-state index is 5.19. The first-order valence-electron chi connectivity index (χ1n) is 12.5. The van der Waals surface area contributed by atoms with Gasteiger partial charge < -0.3 is 4.74 Å². The normalized spacial score (nSPS) is 17.8. The van der Waals surface area contributed by atoms with Crippen molar-refractivity contribution in [2.24, 2.45) is 11.8 Å². The van der Waals surface area contributed by atoms with E-state index in [2.05, 4.69) is 57.2 Å². The Kier molecular flexibility index (Phi) is 24.4. The van der Waals surface area contributed by atoms with Gasteiger partial charge in [-0.05, 0) is 61.6 Å². The summed E-state index contributed by atoms with van der Waals surface area (Å²) in [6.45, 7) is 10.8. The Labute approximate surface area is 203 Å². The van der Waals surface area contributed by atoms with Gasteiger partial charge in [0.15, 0.2) is 0 Å². The number of rotatable bonds is 10. The average Bonchev–Trinajstić information content (AvgIpc) is 2.78. The third kappa shape index (κ3) is 17.2. The van der Waals surface area contributed by atoms with Crippen LogP contribution in [0.1, 0.15) is 111 Å². The standard InChI is InChI=1S/C22H34O.C4H10.C2H6.W/c1-19-11-13-20(14-12-19)9-7-5-3-4-6-8-10-21-15-17-22(23-2)18-16-21;1-3-4-2;1-2;/h3-4,15-20H,5-14H2,1-2H3;3-4H2,1-2H3;1-2H3;/b4-3-;;;.